The van der Waals surface area contributed by atoms with Crippen LogP contribution in [0, 0.1) is 0 Å². The summed E-state index contributed by atoms with van der Waals surface area (Å²) >= 11 is 0. The first-order valence-corrected chi connectivity index (χ1v) is 5.86. The Balaban J connectivity index is 0.00000144. The second kappa shape index (κ2) is 7.66. The highest BCUT2D eigenvalue weighted by Gasteiger charge is 2.16. The van der Waals surface area contributed by atoms with Crippen molar-refractivity contribution < 1.29 is 4.74 Å². The van der Waals surface area contributed by atoms with Crippen LogP contribution in [0.3, 0.4) is 0 Å². The Hall–Kier alpha value is -0.620. The number of nitrogens with zero attached hydrogens (tertiary/aromatic N) is 2. The molecule has 6 heteroatoms. The van der Waals surface area contributed by atoms with Crippen LogP contribution in [-0.2, 0) is 11.3 Å². The van der Waals surface area contributed by atoms with E-state index in [1.807, 2.05) is 6.20 Å². The van der Waals surface area contributed by atoms with Crippen LogP contribution >= 0.6 is 12.4 Å². The third kappa shape index (κ3) is 4.63. The molecule has 98 valence electrons. The number of aromatic nitrogens is 2. The average Bonchev–Trinajstić information content (AvgIpc) is 2.83. The summed E-state index contributed by atoms with van der Waals surface area (Å²) in [5, 5.41) is 3.43. The van der Waals surface area contributed by atoms with E-state index in [-0.39, 0.29) is 12.4 Å². The Morgan fingerprint density at radius 3 is 2.94 bits per heavy atom. The Labute approximate surface area is 108 Å². The van der Waals surface area contributed by atoms with Gasteiger partial charge in [-0.1, -0.05) is 0 Å². The highest BCUT2D eigenvalue weighted by atomic mass is 35.5. The summed E-state index contributed by atoms with van der Waals surface area (Å²) in [5.41, 5.74) is 1.13. The summed E-state index contributed by atoms with van der Waals surface area (Å²) in [6.07, 6.45) is 3.56. The molecule has 1 aliphatic rings. The van der Waals surface area contributed by atoms with Gasteiger partial charge in [-0.25, -0.2) is 4.98 Å². The topological polar surface area (TPSA) is 53.2 Å². The Morgan fingerprint density at radius 2 is 2.29 bits per heavy atom. The zero-order valence-electron chi connectivity index (χ0n) is 10.2. The number of hydrogen-bond acceptors (Lipinski definition) is 4. The molecule has 0 amide bonds. The smallest absolute Gasteiger partial charge is 0.0922 e. The van der Waals surface area contributed by atoms with Crippen molar-refractivity contribution in [3.8, 4) is 0 Å². The number of ether oxygens (including phenoxy) is 1. The van der Waals surface area contributed by atoms with Crippen LogP contribution in [0.5, 0.6) is 0 Å². The van der Waals surface area contributed by atoms with E-state index in [1.165, 1.54) is 0 Å². The minimum Gasteiger partial charge on any atom is -0.379 e. The predicted octanol–water partition coefficient (Wildman–Crippen LogP) is 0.642. The lowest BCUT2D eigenvalue weighted by Gasteiger charge is -2.32. The molecule has 1 aromatic rings. The third-order valence-corrected chi connectivity index (χ3v) is 2.98. The number of morpholine rings is 1. The summed E-state index contributed by atoms with van der Waals surface area (Å²) in [6, 6.07) is 0.562. The van der Waals surface area contributed by atoms with Crippen LogP contribution in [0.25, 0.3) is 0 Å². The molecule has 2 rings (SSSR count). The van der Waals surface area contributed by atoms with Gasteiger partial charge in [0.05, 0.1) is 19.5 Å². The van der Waals surface area contributed by atoms with E-state index in [0.29, 0.717) is 6.04 Å². The second-order valence-corrected chi connectivity index (χ2v) is 4.21. The minimum absolute atomic E-state index is 0. The molecule has 5 nitrogen and oxygen atoms in total. The maximum atomic E-state index is 5.34. The van der Waals surface area contributed by atoms with E-state index in [4.69, 9.17) is 4.74 Å². The van der Waals surface area contributed by atoms with E-state index >= 15 is 0 Å². The highest BCUT2D eigenvalue weighted by Crippen LogP contribution is 2.02. The number of hydrogen-bond donors (Lipinski definition) is 2. The molecule has 1 saturated heterocycles. The van der Waals surface area contributed by atoms with Crippen molar-refractivity contribution in [3.05, 3.63) is 18.2 Å². The molecule has 1 aromatic heterocycles. The molecule has 0 spiro atoms. The number of aromatic amines is 1. The fourth-order valence-corrected chi connectivity index (χ4v) is 1.94. The molecule has 1 aliphatic heterocycles. The van der Waals surface area contributed by atoms with Gasteiger partial charge >= 0.3 is 0 Å². The molecule has 0 radical (unpaired) electrons. The van der Waals surface area contributed by atoms with Gasteiger partial charge in [-0.3, -0.25) is 4.90 Å². The molecule has 1 unspecified atom stereocenters. The number of rotatable bonds is 5. The quantitative estimate of drug-likeness (QED) is 0.816. The molecular formula is C11H21ClN4O. The predicted molar refractivity (Wildman–Crippen MR) is 69.4 cm³/mol. The van der Waals surface area contributed by atoms with Crippen LogP contribution in [0.4, 0.5) is 0 Å². The van der Waals surface area contributed by atoms with Gasteiger partial charge in [-0.2, -0.15) is 0 Å². The van der Waals surface area contributed by atoms with Crippen molar-refractivity contribution in [2.24, 2.45) is 0 Å². The van der Waals surface area contributed by atoms with Crippen molar-refractivity contribution in [2.75, 3.05) is 32.8 Å². The summed E-state index contributed by atoms with van der Waals surface area (Å²) < 4.78 is 5.34. The van der Waals surface area contributed by atoms with Gasteiger partial charge in [0.25, 0.3) is 0 Å². The summed E-state index contributed by atoms with van der Waals surface area (Å²) in [7, 11) is 0. The lowest BCUT2D eigenvalue weighted by atomic mass is 10.2. The molecule has 0 aliphatic carbocycles. The van der Waals surface area contributed by atoms with Gasteiger partial charge in [0.2, 0.25) is 0 Å². The summed E-state index contributed by atoms with van der Waals surface area (Å²) in [5.74, 6) is 0. The van der Waals surface area contributed by atoms with E-state index in [2.05, 4.69) is 27.1 Å². The molecular weight excluding hydrogens is 240 g/mol. The molecule has 1 atom stereocenters. The molecule has 0 saturated carbocycles. The van der Waals surface area contributed by atoms with Gasteiger partial charge in [-0.05, 0) is 6.92 Å². The summed E-state index contributed by atoms with van der Waals surface area (Å²) in [6.45, 7) is 7.94. The van der Waals surface area contributed by atoms with Gasteiger partial charge in [0.15, 0.2) is 0 Å². The minimum atomic E-state index is 0. The first kappa shape index (κ1) is 14.4. The monoisotopic (exact) mass is 260 g/mol. The number of halogens is 1. The van der Waals surface area contributed by atoms with Crippen molar-refractivity contribution in [2.45, 2.75) is 19.5 Å². The van der Waals surface area contributed by atoms with E-state index < -0.39 is 0 Å². The van der Waals surface area contributed by atoms with Crippen LogP contribution in [0.1, 0.15) is 12.6 Å². The average molecular weight is 261 g/mol. The van der Waals surface area contributed by atoms with E-state index in [9.17, 15) is 0 Å². The molecule has 1 fully saturated rings. The van der Waals surface area contributed by atoms with Crippen LogP contribution < -0.4 is 5.32 Å². The zero-order chi connectivity index (χ0) is 11.2. The van der Waals surface area contributed by atoms with Gasteiger partial charge in [0.1, 0.15) is 0 Å². The van der Waals surface area contributed by atoms with Crippen molar-refractivity contribution in [1.82, 2.24) is 20.2 Å². The third-order valence-electron chi connectivity index (χ3n) is 2.98. The Morgan fingerprint density at radius 1 is 1.53 bits per heavy atom. The molecule has 0 aromatic carbocycles. The van der Waals surface area contributed by atoms with E-state index in [0.717, 1.165) is 45.1 Å². The standard InChI is InChI=1S/C11H20N4O.ClH/c1-10(15-2-4-16-5-3-15)6-12-7-11-8-13-9-14-11;/h8-10,12H,2-7H2,1H3,(H,13,14);1H. The molecule has 2 N–H and O–H groups in total. The Kier molecular flexibility index (Phi) is 6.50. The second-order valence-electron chi connectivity index (χ2n) is 4.21. The number of imidazole rings is 1. The summed E-state index contributed by atoms with van der Waals surface area (Å²) in [4.78, 5) is 9.53. The zero-order valence-corrected chi connectivity index (χ0v) is 11.0. The van der Waals surface area contributed by atoms with Crippen molar-refractivity contribution >= 4 is 12.4 Å². The van der Waals surface area contributed by atoms with Gasteiger partial charge in [-0.15, -0.1) is 12.4 Å². The number of nitrogens with one attached hydrogen (secondary N) is 2. The first-order chi connectivity index (χ1) is 7.86. The van der Waals surface area contributed by atoms with Crippen molar-refractivity contribution in [3.63, 3.8) is 0 Å². The van der Waals surface area contributed by atoms with Gasteiger partial charge < -0.3 is 15.0 Å². The number of H-pyrrole nitrogens is 1. The van der Waals surface area contributed by atoms with Crippen LogP contribution in [0.15, 0.2) is 12.5 Å². The first-order valence-electron chi connectivity index (χ1n) is 5.86. The lowest BCUT2D eigenvalue weighted by molar-refractivity contribution is 0.0203. The molecule has 17 heavy (non-hydrogen) atoms. The van der Waals surface area contributed by atoms with Crippen LogP contribution in [0.2, 0.25) is 0 Å². The largest absolute Gasteiger partial charge is 0.379 e. The SMILES string of the molecule is CC(CNCc1cnc[nH]1)N1CCOCC1.Cl. The fraction of sp³-hybridized carbons (Fsp3) is 0.727. The lowest BCUT2D eigenvalue weighted by Crippen LogP contribution is -2.46. The maximum Gasteiger partial charge on any atom is 0.0922 e. The fourth-order valence-electron chi connectivity index (χ4n) is 1.94. The van der Waals surface area contributed by atoms with E-state index in [1.54, 1.807) is 6.33 Å². The van der Waals surface area contributed by atoms with Gasteiger partial charge in [0, 0.05) is 44.1 Å². The Bertz CT molecular complexity index is 288. The molecule has 0 bridgehead atoms. The highest BCUT2D eigenvalue weighted by molar-refractivity contribution is 5.85. The molecule has 2 heterocycles. The maximum absolute atomic E-state index is 5.34. The van der Waals surface area contributed by atoms with Crippen molar-refractivity contribution in [1.29, 1.82) is 0 Å². The van der Waals surface area contributed by atoms with Crippen LogP contribution in [-0.4, -0.2) is 53.8 Å². The normalized spacial score (nSPS) is 18.6.